The van der Waals surface area contributed by atoms with Crippen LogP contribution in [0.1, 0.15) is 45.4 Å². The largest absolute Gasteiger partial charge is 0.322 e. The lowest BCUT2D eigenvalue weighted by Crippen LogP contribution is -2.54. The third-order valence-corrected chi connectivity index (χ3v) is 5.71. The molecule has 0 bridgehead atoms. The topological polar surface area (TPSA) is 70.1 Å². The number of carbonyl (C=O) groups is 1. The molecule has 4 heteroatoms. The quantitative estimate of drug-likeness (QED) is 0.799. The summed E-state index contributed by atoms with van der Waals surface area (Å²) in [5.41, 5.74) is 7.15. The molecule has 0 spiro atoms. The van der Waals surface area contributed by atoms with Gasteiger partial charge in [0, 0.05) is 11.5 Å². The van der Waals surface area contributed by atoms with Crippen LogP contribution in [0.3, 0.4) is 0 Å². The van der Waals surface area contributed by atoms with Crippen LogP contribution in [-0.4, -0.2) is 28.9 Å². The van der Waals surface area contributed by atoms with Crippen molar-refractivity contribution in [2.75, 3.05) is 0 Å². The van der Waals surface area contributed by atoms with Gasteiger partial charge in [0.2, 0.25) is 5.91 Å². The maximum absolute atomic E-state index is 12.9. The first-order valence-corrected chi connectivity index (χ1v) is 7.64. The first-order valence-electron chi connectivity index (χ1n) is 7.64. The van der Waals surface area contributed by atoms with Gasteiger partial charge in [-0.2, -0.15) is 5.26 Å². The van der Waals surface area contributed by atoms with Gasteiger partial charge in [-0.25, -0.2) is 0 Å². The molecular weight excluding hydrogens is 250 g/mol. The molecule has 4 nitrogen and oxygen atoms in total. The average molecular weight is 273 g/mol. The van der Waals surface area contributed by atoms with Gasteiger partial charge in [-0.1, -0.05) is 25.0 Å². The van der Waals surface area contributed by atoms with E-state index in [1.807, 2.05) is 6.92 Å². The molecule has 108 valence electrons. The van der Waals surface area contributed by atoms with Crippen LogP contribution in [-0.2, 0) is 4.79 Å². The Labute approximate surface area is 120 Å². The zero-order valence-corrected chi connectivity index (χ0v) is 12.1. The Balaban J connectivity index is 1.83. The molecule has 3 fully saturated rings. The summed E-state index contributed by atoms with van der Waals surface area (Å²) in [6.45, 7) is 6.08. The number of nitrogens with two attached hydrogens (primary N) is 1. The van der Waals surface area contributed by atoms with Crippen LogP contribution < -0.4 is 5.73 Å². The first-order chi connectivity index (χ1) is 9.51. The second-order valence-electron chi connectivity index (χ2n) is 6.81. The van der Waals surface area contributed by atoms with E-state index in [9.17, 15) is 10.1 Å². The number of carbonyl (C=O) groups excluding carboxylic acids is 1. The fraction of sp³-hybridized carbons (Fsp3) is 0.750. The number of rotatable bonds is 3. The number of nitrogens with zero attached hydrogens (tertiary/aromatic N) is 2. The number of hydrogen-bond donors (Lipinski definition) is 1. The van der Waals surface area contributed by atoms with Crippen LogP contribution in [0.5, 0.6) is 0 Å². The maximum atomic E-state index is 12.9. The Morgan fingerprint density at radius 3 is 2.65 bits per heavy atom. The molecule has 1 heterocycles. The minimum atomic E-state index is -0.530. The zero-order chi connectivity index (χ0) is 14.5. The van der Waals surface area contributed by atoms with Crippen molar-refractivity contribution in [2.45, 2.75) is 63.6 Å². The Kier molecular flexibility index (Phi) is 3.13. The van der Waals surface area contributed by atoms with Crippen LogP contribution in [0, 0.1) is 22.7 Å². The van der Waals surface area contributed by atoms with Crippen molar-refractivity contribution in [3.63, 3.8) is 0 Å². The Morgan fingerprint density at radius 1 is 1.45 bits per heavy atom. The minimum absolute atomic E-state index is 0.0218. The van der Waals surface area contributed by atoms with Crippen molar-refractivity contribution in [1.82, 2.24) is 4.90 Å². The van der Waals surface area contributed by atoms with Crippen molar-refractivity contribution >= 4 is 5.91 Å². The summed E-state index contributed by atoms with van der Waals surface area (Å²) in [6, 6.07) is 1.76. The SMILES string of the molecule is C=C(C)C1(C(N)C(=O)N2C(C#N)CC3C[C@@H]32)CCCC1. The van der Waals surface area contributed by atoms with Crippen LogP contribution >= 0.6 is 0 Å². The maximum Gasteiger partial charge on any atom is 0.241 e. The number of nitriles is 1. The summed E-state index contributed by atoms with van der Waals surface area (Å²) in [4.78, 5) is 14.6. The standard InChI is InChI=1S/C16H23N3O/c1-10(2)16(5-3-4-6-16)14(18)15(20)19-12(9-17)7-11-8-13(11)19/h11-14H,1,3-8,18H2,2H3/t11?,12?,13-,14?/m0/s1. The van der Waals surface area contributed by atoms with E-state index in [4.69, 9.17) is 5.73 Å². The average Bonchev–Trinajstić information content (AvgIpc) is 2.91. The van der Waals surface area contributed by atoms with E-state index in [1.165, 1.54) is 0 Å². The highest BCUT2D eigenvalue weighted by Crippen LogP contribution is 2.50. The Hall–Kier alpha value is -1.34. The monoisotopic (exact) mass is 273 g/mol. The normalized spacial score (nSPS) is 35.2. The predicted octanol–water partition coefficient (Wildman–Crippen LogP) is 1.96. The van der Waals surface area contributed by atoms with Gasteiger partial charge in [-0.05, 0) is 38.5 Å². The molecule has 2 aliphatic carbocycles. The molecule has 0 aromatic rings. The summed E-state index contributed by atoms with van der Waals surface area (Å²) >= 11 is 0. The fourth-order valence-corrected chi connectivity index (χ4v) is 4.30. The Bertz CT molecular complexity index is 486. The van der Waals surface area contributed by atoms with Crippen molar-refractivity contribution < 1.29 is 4.79 Å². The molecule has 2 N–H and O–H groups in total. The molecular formula is C16H23N3O. The van der Waals surface area contributed by atoms with Gasteiger partial charge in [0.1, 0.15) is 6.04 Å². The van der Waals surface area contributed by atoms with Gasteiger partial charge >= 0.3 is 0 Å². The number of piperidine rings is 1. The molecule has 2 saturated carbocycles. The highest BCUT2D eigenvalue weighted by atomic mass is 16.2. The van der Waals surface area contributed by atoms with E-state index < -0.39 is 6.04 Å². The smallest absolute Gasteiger partial charge is 0.241 e. The zero-order valence-electron chi connectivity index (χ0n) is 12.1. The van der Waals surface area contributed by atoms with Crippen molar-refractivity contribution in [3.05, 3.63) is 12.2 Å². The molecule has 3 unspecified atom stereocenters. The van der Waals surface area contributed by atoms with E-state index in [0.717, 1.165) is 44.1 Å². The van der Waals surface area contributed by atoms with Crippen molar-refractivity contribution in [2.24, 2.45) is 17.1 Å². The summed E-state index contributed by atoms with van der Waals surface area (Å²) in [7, 11) is 0. The van der Waals surface area contributed by atoms with E-state index in [0.29, 0.717) is 5.92 Å². The van der Waals surface area contributed by atoms with Gasteiger partial charge in [0.15, 0.2) is 0 Å². The first kappa shape index (κ1) is 13.6. The Morgan fingerprint density at radius 2 is 2.10 bits per heavy atom. The molecule has 0 aromatic heterocycles. The fourth-order valence-electron chi connectivity index (χ4n) is 4.30. The van der Waals surface area contributed by atoms with Gasteiger partial charge in [0.05, 0.1) is 12.1 Å². The van der Waals surface area contributed by atoms with E-state index in [-0.39, 0.29) is 23.4 Å². The summed E-state index contributed by atoms with van der Waals surface area (Å²) < 4.78 is 0. The lowest BCUT2D eigenvalue weighted by atomic mass is 9.73. The summed E-state index contributed by atoms with van der Waals surface area (Å²) in [6.07, 6.45) is 6.02. The number of amides is 1. The predicted molar refractivity (Wildman–Crippen MR) is 76.4 cm³/mol. The van der Waals surface area contributed by atoms with Crippen LogP contribution in [0.2, 0.25) is 0 Å². The van der Waals surface area contributed by atoms with Gasteiger partial charge in [-0.3, -0.25) is 4.79 Å². The van der Waals surface area contributed by atoms with E-state index >= 15 is 0 Å². The van der Waals surface area contributed by atoms with Crippen molar-refractivity contribution in [3.8, 4) is 6.07 Å². The van der Waals surface area contributed by atoms with Gasteiger partial charge in [0.25, 0.3) is 0 Å². The number of fused-ring (bicyclic) bond motifs is 1. The molecule has 0 radical (unpaired) electrons. The summed E-state index contributed by atoms with van der Waals surface area (Å²) in [5.74, 6) is 0.520. The number of likely N-dealkylation sites (tertiary alicyclic amines) is 1. The lowest BCUT2D eigenvalue weighted by molar-refractivity contribution is -0.136. The van der Waals surface area contributed by atoms with E-state index in [1.54, 1.807) is 4.90 Å². The molecule has 0 aromatic carbocycles. The number of hydrogen-bond acceptors (Lipinski definition) is 3. The van der Waals surface area contributed by atoms with Crippen molar-refractivity contribution in [1.29, 1.82) is 5.26 Å². The van der Waals surface area contributed by atoms with Crippen LogP contribution in [0.4, 0.5) is 0 Å². The van der Waals surface area contributed by atoms with E-state index in [2.05, 4.69) is 12.6 Å². The van der Waals surface area contributed by atoms with Gasteiger partial charge < -0.3 is 10.6 Å². The minimum Gasteiger partial charge on any atom is -0.322 e. The van der Waals surface area contributed by atoms with Gasteiger partial charge in [-0.15, -0.1) is 0 Å². The summed E-state index contributed by atoms with van der Waals surface area (Å²) in [5, 5.41) is 9.24. The molecule has 4 atom stereocenters. The van der Waals surface area contributed by atoms with Crippen LogP contribution in [0.25, 0.3) is 0 Å². The van der Waals surface area contributed by atoms with Crippen LogP contribution in [0.15, 0.2) is 12.2 Å². The molecule has 3 rings (SSSR count). The third kappa shape index (κ3) is 1.80. The molecule has 20 heavy (non-hydrogen) atoms. The highest BCUT2D eigenvalue weighted by Gasteiger charge is 2.56. The molecule has 1 saturated heterocycles. The molecule has 3 aliphatic rings. The highest BCUT2D eigenvalue weighted by molar-refractivity contribution is 5.85. The third-order valence-electron chi connectivity index (χ3n) is 5.71. The second-order valence-corrected chi connectivity index (χ2v) is 6.81. The molecule has 1 amide bonds. The second kappa shape index (κ2) is 4.60. The molecule has 1 aliphatic heterocycles. The lowest BCUT2D eigenvalue weighted by Gasteiger charge is -2.38.